The molecule has 0 saturated heterocycles. The van der Waals surface area contributed by atoms with Crippen molar-refractivity contribution in [2.45, 2.75) is 23.9 Å². The van der Waals surface area contributed by atoms with Crippen molar-refractivity contribution in [1.82, 2.24) is 15.1 Å². The quantitative estimate of drug-likeness (QED) is 0.545. The predicted molar refractivity (Wildman–Crippen MR) is 93.0 cm³/mol. The van der Waals surface area contributed by atoms with Gasteiger partial charge in [-0.25, -0.2) is 4.98 Å². The third-order valence-electron chi connectivity index (χ3n) is 3.45. The highest BCUT2D eigenvalue weighted by Crippen LogP contribution is 2.36. The molecule has 1 aromatic carbocycles. The molecule has 10 heteroatoms. The summed E-state index contributed by atoms with van der Waals surface area (Å²) in [6.45, 7) is 1.43. The van der Waals surface area contributed by atoms with Gasteiger partial charge in [-0.1, -0.05) is 40.7 Å². The minimum absolute atomic E-state index is 0.0395. The Labute approximate surface area is 161 Å². The first kappa shape index (κ1) is 19.2. The summed E-state index contributed by atoms with van der Waals surface area (Å²) in [5.74, 6) is 0.500. The zero-order valence-electron chi connectivity index (χ0n) is 13.7. The molecule has 0 amide bonds. The fourth-order valence-electron chi connectivity index (χ4n) is 2.28. The fraction of sp³-hybridized carbons (Fsp3) is 0.176. The average Bonchev–Trinajstić information content (AvgIpc) is 3.08. The van der Waals surface area contributed by atoms with Crippen LogP contribution in [0.1, 0.15) is 22.7 Å². The SMILES string of the molecule is Cc1cc(C(F)(F)F)c(C#N)c(SCc2nc(-c3ccccc3Cl)no2)n1. The molecule has 5 nitrogen and oxygen atoms in total. The smallest absolute Gasteiger partial charge is 0.338 e. The monoisotopic (exact) mass is 410 g/mol. The molecule has 0 bridgehead atoms. The zero-order valence-corrected chi connectivity index (χ0v) is 15.3. The van der Waals surface area contributed by atoms with Gasteiger partial charge in [0.1, 0.15) is 11.1 Å². The lowest BCUT2D eigenvalue weighted by molar-refractivity contribution is -0.138. The van der Waals surface area contributed by atoms with Gasteiger partial charge in [0.25, 0.3) is 0 Å². The number of aromatic nitrogens is 3. The number of aryl methyl sites for hydroxylation is 1. The lowest BCUT2D eigenvalue weighted by Gasteiger charge is -2.12. The molecule has 0 atom stereocenters. The molecule has 0 fully saturated rings. The lowest BCUT2D eigenvalue weighted by atomic mass is 10.1. The van der Waals surface area contributed by atoms with E-state index in [1.165, 1.54) is 6.92 Å². The average molecular weight is 411 g/mol. The lowest BCUT2D eigenvalue weighted by Crippen LogP contribution is -2.10. The predicted octanol–water partition coefficient (Wildman–Crippen LogP) is 5.28. The molecule has 0 aliphatic carbocycles. The Morgan fingerprint density at radius 2 is 2.00 bits per heavy atom. The highest BCUT2D eigenvalue weighted by atomic mass is 35.5. The normalized spacial score (nSPS) is 11.4. The first-order valence-electron chi connectivity index (χ1n) is 7.49. The number of thioether (sulfide) groups is 1. The Morgan fingerprint density at radius 1 is 1.26 bits per heavy atom. The maximum absolute atomic E-state index is 13.1. The molecule has 0 radical (unpaired) electrons. The van der Waals surface area contributed by atoms with Crippen LogP contribution in [0, 0.1) is 18.3 Å². The minimum Gasteiger partial charge on any atom is -0.338 e. The Kier molecular flexibility index (Phi) is 5.39. The van der Waals surface area contributed by atoms with Crippen molar-refractivity contribution in [2.24, 2.45) is 0 Å². The van der Waals surface area contributed by atoms with Crippen LogP contribution in [0.4, 0.5) is 13.2 Å². The van der Waals surface area contributed by atoms with Crippen molar-refractivity contribution in [2.75, 3.05) is 0 Å². The maximum Gasteiger partial charge on any atom is 0.417 e. The number of rotatable bonds is 4. The zero-order chi connectivity index (χ0) is 19.6. The Morgan fingerprint density at radius 3 is 2.67 bits per heavy atom. The van der Waals surface area contributed by atoms with Gasteiger partial charge in [-0.05, 0) is 25.1 Å². The molecule has 0 N–H and O–H groups in total. The van der Waals surface area contributed by atoms with Gasteiger partial charge in [0, 0.05) is 11.3 Å². The number of halogens is 4. The number of pyridine rings is 1. The van der Waals surface area contributed by atoms with Gasteiger partial charge in [-0.2, -0.15) is 23.4 Å². The van der Waals surface area contributed by atoms with Crippen LogP contribution in [-0.2, 0) is 11.9 Å². The van der Waals surface area contributed by atoms with Crippen molar-refractivity contribution in [3.05, 3.63) is 58.1 Å². The van der Waals surface area contributed by atoms with E-state index in [-0.39, 0.29) is 28.2 Å². The van der Waals surface area contributed by atoms with Gasteiger partial charge < -0.3 is 4.52 Å². The van der Waals surface area contributed by atoms with Crippen molar-refractivity contribution in [3.63, 3.8) is 0 Å². The molecule has 0 aliphatic rings. The molecule has 138 valence electrons. The second-order valence-electron chi connectivity index (χ2n) is 5.38. The van der Waals surface area contributed by atoms with E-state index >= 15 is 0 Å². The van der Waals surface area contributed by atoms with Crippen molar-refractivity contribution < 1.29 is 17.7 Å². The number of benzene rings is 1. The molecule has 0 saturated carbocycles. The van der Waals surface area contributed by atoms with E-state index in [0.717, 1.165) is 17.8 Å². The van der Waals surface area contributed by atoms with E-state index in [4.69, 9.17) is 21.4 Å². The molecule has 0 spiro atoms. The number of nitriles is 1. The molecule has 27 heavy (non-hydrogen) atoms. The maximum atomic E-state index is 13.1. The molecule has 2 heterocycles. The van der Waals surface area contributed by atoms with Crippen LogP contribution in [0.15, 0.2) is 39.9 Å². The molecule has 0 aliphatic heterocycles. The summed E-state index contributed by atoms with van der Waals surface area (Å²) in [4.78, 5) is 8.23. The third-order valence-corrected chi connectivity index (χ3v) is 4.74. The van der Waals surface area contributed by atoms with Crippen LogP contribution < -0.4 is 0 Å². The second kappa shape index (κ2) is 7.58. The van der Waals surface area contributed by atoms with E-state index in [2.05, 4.69) is 15.1 Å². The highest BCUT2D eigenvalue weighted by molar-refractivity contribution is 7.98. The molecule has 0 unspecified atom stereocenters. The number of alkyl halides is 3. The Hall–Kier alpha value is -2.57. The summed E-state index contributed by atoms with van der Waals surface area (Å²) in [5, 5.41) is 13.4. The Balaban J connectivity index is 1.85. The Bertz CT molecular complexity index is 1030. The molecular formula is C17H10ClF3N4OS. The van der Waals surface area contributed by atoms with Gasteiger partial charge in [0.2, 0.25) is 11.7 Å². The van der Waals surface area contributed by atoms with Crippen LogP contribution in [0.5, 0.6) is 0 Å². The van der Waals surface area contributed by atoms with E-state index in [1.807, 2.05) is 0 Å². The van der Waals surface area contributed by atoms with Crippen LogP contribution in [0.3, 0.4) is 0 Å². The van der Waals surface area contributed by atoms with Gasteiger partial charge in [-0.3, -0.25) is 0 Å². The van der Waals surface area contributed by atoms with Crippen LogP contribution in [0.25, 0.3) is 11.4 Å². The molecule has 3 aromatic rings. The minimum atomic E-state index is -4.64. The highest BCUT2D eigenvalue weighted by Gasteiger charge is 2.35. The number of hydrogen-bond donors (Lipinski definition) is 0. The first-order valence-corrected chi connectivity index (χ1v) is 8.85. The summed E-state index contributed by atoms with van der Waals surface area (Å²) in [5.41, 5.74) is -0.803. The van der Waals surface area contributed by atoms with Crippen LogP contribution in [0.2, 0.25) is 5.02 Å². The number of hydrogen-bond acceptors (Lipinski definition) is 6. The first-order chi connectivity index (χ1) is 12.8. The topological polar surface area (TPSA) is 75.6 Å². The summed E-state index contributed by atoms with van der Waals surface area (Å²) < 4.78 is 44.6. The second-order valence-corrected chi connectivity index (χ2v) is 6.75. The van der Waals surface area contributed by atoms with E-state index in [1.54, 1.807) is 30.3 Å². The van der Waals surface area contributed by atoms with Gasteiger partial charge in [-0.15, -0.1) is 0 Å². The molecule has 3 rings (SSSR count). The summed E-state index contributed by atoms with van der Waals surface area (Å²) in [7, 11) is 0. The van der Waals surface area contributed by atoms with Gasteiger partial charge >= 0.3 is 6.18 Å². The van der Waals surface area contributed by atoms with Crippen molar-refractivity contribution >= 4 is 23.4 Å². The summed E-state index contributed by atoms with van der Waals surface area (Å²) >= 11 is 7.00. The van der Waals surface area contributed by atoms with Gasteiger partial charge in [0.05, 0.1) is 21.9 Å². The largest absolute Gasteiger partial charge is 0.417 e. The van der Waals surface area contributed by atoms with E-state index < -0.39 is 17.3 Å². The summed E-state index contributed by atoms with van der Waals surface area (Å²) in [6.07, 6.45) is -4.64. The summed E-state index contributed by atoms with van der Waals surface area (Å²) in [6, 6.07) is 9.35. The molecular weight excluding hydrogens is 401 g/mol. The van der Waals surface area contributed by atoms with E-state index in [9.17, 15) is 13.2 Å². The van der Waals surface area contributed by atoms with Crippen molar-refractivity contribution in [1.29, 1.82) is 5.26 Å². The van der Waals surface area contributed by atoms with Gasteiger partial charge in [0.15, 0.2) is 0 Å². The van der Waals surface area contributed by atoms with Crippen molar-refractivity contribution in [3.8, 4) is 17.5 Å². The van der Waals surface area contributed by atoms with Crippen LogP contribution in [-0.4, -0.2) is 15.1 Å². The van der Waals surface area contributed by atoms with Crippen LogP contribution >= 0.6 is 23.4 Å². The standard InChI is InChI=1S/C17H10ClF3N4OS/c1-9-6-12(17(19,20)21)11(7-22)16(23-9)27-8-14-24-15(25-26-14)10-4-2-3-5-13(10)18/h2-6H,8H2,1H3. The fourth-order valence-corrected chi connectivity index (χ4v) is 3.38. The molecule has 2 aromatic heterocycles. The third kappa shape index (κ3) is 4.23. The number of nitrogens with zero attached hydrogens (tertiary/aromatic N) is 4. The van der Waals surface area contributed by atoms with E-state index in [0.29, 0.717) is 10.6 Å².